The number of piperazine rings is 1. The van der Waals surface area contributed by atoms with Gasteiger partial charge in [0.25, 0.3) is 0 Å². The second-order valence-electron chi connectivity index (χ2n) is 6.48. The Morgan fingerprint density at radius 2 is 1.85 bits per heavy atom. The average Bonchev–Trinajstić information content (AvgIpc) is 3.06. The molecule has 4 rings (SSSR count). The molecule has 0 saturated carbocycles. The molecule has 7 heteroatoms. The number of anilines is 1. The standard InChI is InChI=1S/C19H21FN4OS/c1-13-21-18(24-8-6-23(7-9-24)10-11-25)17-16(12-26-19(17)22-13)14-2-4-15(20)5-3-14/h2-5,12,25H,6-11H2,1H3. The van der Waals surface area contributed by atoms with Crippen molar-refractivity contribution in [1.82, 2.24) is 14.9 Å². The molecule has 1 aliphatic heterocycles. The Hall–Kier alpha value is -2.09. The predicted molar refractivity (Wildman–Crippen MR) is 103 cm³/mol. The predicted octanol–water partition coefficient (Wildman–Crippen LogP) is 2.92. The summed E-state index contributed by atoms with van der Waals surface area (Å²) in [6.45, 7) is 6.36. The molecule has 3 heterocycles. The first-order valence-electron chi connectivity index (χ1n) is 8.75. The fourth-order valence-electron chi connectivity index (χ4n) is 3.42. The van der Waals surface area contributed by atoms with Crippen LogP contribution in [0.25, 0.3) is 21.3 Å². The van der Waals surface area contributed by atoms with Gasteiger partial charge in [-0.2, -0.15) is 0 Å². The Labute approximate surface area is 155 Å². The van der Waals surface area contributed by atoms with Gasteiger partial charge < -0.3 is 10.0 Å². The van der Waals surface area contributed by atoms with Crippen molar-refractivity contribution in [3.63, 3.8) is 0 Å². The molecule has 2 aromatic heterocycles. The lowest BCUT2D eigenvalue weighted by molar-refractivity contribution is 0.188. The molecule has 1 aliphatic rings. The molecule has 5 nitrogen and oxygen atoms in total. The summed E-state index contributed by atoms with van der Waals surface area (Å²) >= 11 is 1.60. The summed E-state index contributed by atoms with van der Waals surface area (Å²) in [7, 11) is 0. The highest BCUT2D eigenvalue weighted by molar-refractivity contribution is 7.17. The molecule has 1 saturated heterocycles. The number of aliphatic hydroxyl groups excluding tert-OH is 1. The number of aryl methyl sites for hydroxylation is 1. The molecule has 0 radical (unpaired) electrons. The van der Waals surface area contributed by atoms with E-state index in [1.54, 1.807) is 23.5 Å². The van der Waals surface area contributed by atoms with Crippen molar-refractivity contribution in [2.24, 2.45) is 0 Å². The minimum absolute atomic E-state index is 0.191. The summed E-state index contributed by atoms with van der Waals surface area (Å²) in [4.78, 5) is 14.9. The molecule has 3 aromatic rings. The zero-order valence-electron chi connectivity index (χ0n) is 14.7. The summed E-state index contributed by atoms with van der Waals surface area (Å²) in [5.74, 6) is 1.48. The van der Waals surface area contributed by atoms with Crippen LogP contribution in [0.4, 0.5) is 10.2 Å². The molecule has 0 bridgehead atoms. The fraction of sp³-hybridized carbons (Fsp3) is 0.368. The summed E-state index contributed by atoms with van der Waals surface area (Å²) < 4.78 is 13.3. The van der Waals surface area contributed by atoms with Crippen LogP contribution >= 0.6 is 11.3 Å². The molecule has 0 aliphatic carbocycles. The topological polar surface area (TPSA) is 52.5 Å². The van der Waals surface area contributed by atoms with Crippen LogP contribution in [-0.2, 0) is 0 Å². The molecular formula is C19H21FN4OS. The Balaban J connectivity index is 1.74. The van der Waals surface area contributed by atoms with Crippen LogP contribution in [0, 0.1) is 12.7 Å². The second-order valence-corrected chi connectivity index (χ2v) is 7.34. The fourth-order valence-corrected chi connectivity index (χ4v) is 4.41. The van der Waals surface area contributed by atoms with E-state index in [4.69, 9.17) is 10.1 Å². The van der Waals surface area contributed by atoms with Crippen LogP contribution in [-0.4, -0.2) is 59.3 Å². The van der Waals surface area contributed by atoms with Crippen LogP contribution < -0.4 is 4.90 Å². The van der Waals surface area contributed by atoms with E-state index in [1.807, 2.05) is 6.92 Å². The van der Waals surface area contributed by atoms with Gasteiger partial charge >= 0.3 is 0 Å². The average molecular weight is 372 g/mol. The van der Waals surface area contributed by atoms with Gasteiger partial charge in [0.2, 0.25) is 0 Å². The van der Waals surface area contributed by atoms with Crippen LogP contribution in [0.5, 0.6) is 0 Å². The molecule has 0 atom stereocenters. The monoisotopic (exact) mass is 372 g/mol. The Morgan fingerprint density at radius 3 is 2.54 bits per heavy atom. The number of rotatable bonds is 4. The largest absolute Gasteiger partial charge is 0.395 e. The van der Waals surface area contributed by atoms with Gasteiger partial charge in [-0.05, 0) is 24.6 Å². The van der Waals surface area contributed by atoms with Crippen molar-refractivity contribution in [3.05, 3.63) is 41.3 Å². The highest BCUT2D eigenvalue weighted by Gasteiger charge is 2.22. The van der Waals surface area contributed by atoms with Crippen molar-refractivity contribution in [3.8, 4) is 11.1 Å². The van der Waals surface area contributed by atoms with E-state index in [0.29, 0.717) is 6.54 Å². The number of β-amino-alcohol motifs (C(OH)–C–C–N with tert-alkyl or cyclic N) is 1. The first-order chi connectivity index (χ1) is 12.7. The number of fused-ring (bicyclic) bond motifs is 1. The summed E-state index contributed by atoms with van der Waals surface area (Å²) in [5.41, 5.74) is 2.03. The summed E-state index contributed by atoms with van der Waals surface area (Å²) in [6, 6.07) is 6.59. The van der Waals surface area contributed by atoms with E-state index in [-0.39, 0.29) is 12.4 Å². The maximum absolute atomic E-state index is 13.3. The van der Waals surface area contributed by atoms with Gasteiger partial charge in [-0.3, -0.25) is 4.90 Å². The molecule has 1 aromatic carbocycles. The maximum atomic E-state index is 13.3. The number of aliphatic hydroxyl groups is 1. The first-order valence-corrected chi connectivity index (χ1v) is 9.63. The Kier molecular flexibility index (Phi) is 4.84. The third-order valence-corrected chi connectivity index (χ3v) is 5.64. The SMILES string of the molecule is Cc1nc(N2CCN(CCO)CC2)c2c(-c3ccc(F)cc3)csc2n1. The maximum Gasteiger partial charge on any atom is 0.141 e. The molecule has 0 unspecified atom stereocenters. The van der Waals surface area contributed by atoms with E-state index in [9.17, 15) is 4.39 Å². The van der Waals surface area contributed by atoms with Crippen molar-refractivity contribution >= 4 is 27.4 Å². The first kappa shape index (κ1) is 17.3. The van der Waals surface area contributed by atoms with Crippen LogP contribution in [0.1, 0.15) is 5.82 Å². The number of nitrogens with zero attached hydrogens (tertiary/aromatic N) is 4. The summed E-state index contributed by atoms with van der Waals surface area (Å²) in [5, 5.41) is 12.3. The molecule has 0 spiro atoms. The number of thiophene rings is 1. The van der Waals surface area contributed by atoms with Crippen LogP contribution in [0.15, 0.2) is 29.6 Å². The van der Waals surface area contributed by atoms with E-state index in [2.05, 4.69) is 20.2 Å². The number of halogens is 1. The highest BCUT2D eigenvalue weighted by atomic mass is 32.1. The molecule has 26 heavy (non-hydrogen) atoms. The zero-order chi connectivity index (χ0) is 18.1. The second kappa shape index (κ2) is 7.26. The van der Waals surface area contributed by atoms with E-state index >= 15 is 0 Å². The lowest BCUT2D eigenvalue weighted by Crippen LogP contribution is -2.47. The van der Waals surface area contributed by atoms with Gasteiger partial charge in [-0.25, -0.2) is 14.4 Å². The van der Waals surface area contributed by atoms with Crippen LogP contribution in [0.3, 0.4) is 0 Å². The Morgan fingerprint density at radius 1 is 1.12 bits per heavy atom. The third-order valence-electron chi connectivity index (χ3n) is 4.77. The number of hydrogen-bond acceptors (Lipinski definition) is 6. The van der Waals surface area contributed by atoms with Crippen molar-refractivity contribution in [1.29, 1.82) is 0 Å². The van der Waals surface area contributed by atoms with Gasteiger partial charge in [-0.15, -0.1) is 11.3 Å². The normalized spacial score (nSPS) is 15.7. The van der Waals surface area contributed by atoms with Gasteiger partial charge in [0, 0.05) is 43.7 Å². The van der Waals surface area contributed by atoms with E-state index < -0.39 is 0 Å². The highest BCUT2D eigenvalue weighted by Crippen LogP contribution is 2.38. The number of hydrogen-bond donors (Lipinski definition) is 1. The minimum Gasteiger partial charge on any atom is -0.395 e. The van der Waals surface area contributed by atoms with E-state index in [0.717, 1.165) is 59.2 Å². The molecule has 1 N–H and O–H groups in total. The molecule has 0 amide bonds. The quantitative estimate of drug-likeness (QED) is 0.763. The van der Waals surface area contributed by atoms with Crippen molar-refractivity contribution in [2.45, 2.75) is 6.92 Å². The Bertz CT molecular complexity index is 904. The minimum atomic E-state index is -0.236. The van der Waals surface area contributed by atoms with E-state index in [1.165, 1.54) is 12.1 Å². The number of benzene rings is 1. The molecular weight excluding hydrogens is 351 g/mol. The van der Waals surface area contributed by atoms with Gasteiger partial charge in [0.05, 0.1) is 12.0 Å². The van der Waals surface area contributed by atoms with Crippen molar-refractivity contribution in [2.75, 3.05) is 44.2 Å². The number of aromatic nitrogens is 2. The third kappa shape index (κ3) is 3.30. The van der Waals surface area contributed by atoms with Gasteiger partial charge in [0.1, 0.15) is 22.3 Å². The zero-order valence-corrected chi connectivity index (χ0v) is 15.5. The lowest BCUT2D eigenvalue weighted by Gasteiger charge is -2.35. The van der Waals surface area contributed by atoms with Crippen molar-refractivity contribution < 1.29 is 9.50 Å². The molecule has 1 fully saturated rings. The lowest BCUT2D eigenvalue weighted by atomic mass is 10.1. The smallest absolute Gasteiger partial charge is 0.141 e. The van der Waals surface area contributed by atoms with Gasteiger partial charge in [0.15, 0.2) is 0 Å². The summed E-state index contributed by atoms with van der Waals surface area (Å²) in [6.07, 6.45) is 0. The van der Waals surface area contributed by atoms with Crippen LogP contribution in [0.2, 0.25) is 0 Å². The van der Waals surface area contributed by atoms with Gasteiger partial charge in [-0.1, -0.05) is 12.1 Å². The molecule has 136 valence electrons.